The summed E-state index contributed by atoms with van der Waals surface area (Å²) in [6, 6.07) is 4.37. The van der Waals surface area contributed by atoms with Crippen molar-refractivity contribution in [2.24, 2.45) is 0 Å². The van der Waals surface area contributed by atoms with Crippen molar-refractivity contribution in [1.82, 2.24) is 4.90 Å². The number of carbonyl (C=O) groups excluding carboxylic acids is 1. The fourth-order valence-corrected chi connectivity index (χ4v) is 2.48. The Morgan fingerprint density at radius 1 is 1.26 bits per heavy atom. The molecule has 0 aliphatic carbocycles. The van der Waals surface area contributed by atoms with Crippen molar-refractivity contribution in [1.29, 1.82) is 0 Å². The van der Waals surface area contributed by atoms with Gasteiger partial charge in [-0.15, -0.1) is 0 Å². The number of likely N-dealkylation sites (tertiary alicyclic amines) is 1. The summed E-state index contributed by atoms with van der Waals surface area (Å²) >= 11 is 3.09. The van der Waals surface area contributed by atoms with E-state index in [-0.39, 0.29) is 18.3 Å². The van der Waals surface area contributed by atoms with Crippen LogP contribution in [0.25, 0.3) is 0 Å². The van der Waals surface area contributed by atoms with Gasteiger partial charge in [0.1, 0.15) is 11.6 Å². The van der Waals surface area contributed by atoms with Gasteiger partial charge in [0.05, 0.1) is 4.47 Å². The van der Waals surface area contributed by atoms with E-state index in [0.717, 1.165) is 25.9 Å². The molecule has 0 radical (unpaired) electrons. The Kier molecular flexibility index (Phi) is 5.19. The van der Waals surface area contributed by atoms with Crippen molar-refractivity contribution < 1.29 is 13.9 Å². The third kappa shape index (κ3) is 4.20. The van der Waals surface area contributed by atoms with Crippen LogP contribution in [0.1, 0.15) is 25.7 Å². The standard InChI is InChI=1S/C14H17BrFNO2/c15-12-9-11(5-6-13(12)16)19-10-14(18)17-7-3-1-2-4-8-17/h5-6,9H,1-4,7-8,10H2. The fourth-order valence-electron chi connectivity index (χ4n) is 2.12. The molecule has 104 valence electrons. The van der Waals surface area contributed by atoms with E-state index < -0.39 is 0 Å². The van der Waals surface area contributed by atoms with Crippen molar-refractivity contribution in [2.45, 2.75) is 25.7 Å². The summed E-state index contributed by atoms with van der Waals surface area (Å²) < 4.78 is 18.8. The molecular weight excluding hydrogens is 313 g/mol. The number of ether oxygens (including phenoxy) is 1. The van der Waals surface area contributed by atoms with Gasteiger partial charge in [0.2, 0.25) is 0 Å². The number of benzene rings is 1. The molecule has 1 aromatic rings. The summed E-state index contributed by atoms with van der Waals surface area (Å²) in [6.45, 7) is 1.64. The van der Waals surface area contributed by atoms with E-state index in [0.29, 0.717) is 10.2 Å². The van der Waals surface area contributed by atoms with Crippen molar-refractivity contribution in [3.63, 3.8) is 0 Å². The molecule has 1 aromatic carbocycles. The lowest BCUT2D eigenvalue weighted by atomic mass is 10.2. The fraction of sp³-hybridized carbons (Fsp3) is 0.500. The van der Waals surface area contributed by atoms with Gasteiger partial charge in [-0.3, -0.25) is 4.79 Å². The molecule has 1 aliphatic heterocycles. The predicted octanol–water partition coefficient (Wildman–Crippen LogP) is 3.37. The first-order valence-electron chi connectivity index (χ1n) is 6.52. The Morgan fingerprint density at radius 3 is 2.58 bits per heavy atom. The minimum absolute atomic E-state index is 0.00217. The highest BCUT2D eigenvalue weighted by Gasteiger charge is 2.16. The third-order valence-electron chi connectivity index (χ3n) is 3.21. The quantitative estimate of drug-likeness (QED) is 0.850. The average molecular weight is 330 g/mol. The monoisotopic (exact) mass is 329 g/mol. The van der Waals surface area contributed by atoms with Crippen LogP contribution in [0.4, 0.5) is 4.39 Å². The molecule has 0 spiro atoms. The van der Waals surface area contributed by atoms with Crippen molar-refractivity contribution in [3.8, 4) is 5.75 Å². The van der Waals surface area contributed by atoms with Crippen LogP contribution in [-0.4, -0.2) is 30.5 Å². The van der Waals surface area contributed by atoms with Gasteiger partial charge in [0, 0.05) is 13.1 Å². The molecule has 0 saturated carbocycles. The minimum Gasteiger partial charge on any atom is -0.484 e. The average Bonchev–Trinajstić information content (AvgIpc) is 2.69. The molecule has 1 fully saturated rings. The molecule has 19 heavy (non-hydrogen) atoms. The summed E-state index contributed by atoms with van der Waals surface area (Å²) in [6.07, 6.45) is 4.51. The van der Waals surface area contributed by atoms with Gasteiger partial charge in [-0.25, -0.2) is 4.39 Å². The van der Waals surface area contributed by atoms with Crippen LogP contribution in [0.2, 0.25) is 0 Å². The van der Waals surface area contributed by atoms with Gasteiger partial charge < -0.3 is 9.64 Å². The lowest BCUT2D eigenvalue weighted by Gasteiger charge is -2.20. The smallest absolute Gasteiger partial charge is 0.260 e. The normalized spacial score (nSPS) is 16.0. The van der Waals surface area contributed by atoms with E-state index in [4.69, 9.17) is 4.74 Å². The zero-order chi connectivity index (χ0) is 13.7. The molecule has 1 aliphatic rings. The maximum atomic E-state index is 13.1. The molecule has 0 N–H and O–H groups in total. The van der Waals surface area contributed by atoms with E-state index >= 15 is 0 Å². The Balaban J connectivity index is 1.86. The zero-order valence-electron chi connectivity index (χ0n) is 10.7. The van der Waals surface area contributed by atoms with Gasteiger partial charge in [-0.1, -0.05) is 12.8 Å². The number of hydrogen-bond acceptors (Lipinski definition) is 2. The van der Waals surface area contributed by atoms with Crippen molar-refractivity contribution >= 4 is 21.8 Å². The van der Waals surface area contributed by atoms with E-state index in [1.807, 2.05) is 4.90 Å². The molecule has 0 bridgehead atoms. The summed E-state index contributed by atoms with van der Waals surface area (Å²) in [4.78, 5) is 13.8. The van der Waals surface area contributed by atoms with Crippen LogP contribution >= 0.6 is 15.9 Å². The summed E-state index contributed by atoms with van der Waals surface area (Å²) in [5.41, 5.74) is 0. The Hall–Kier alpha value is -1.10. The predicted molar refractivity (Wildman–Crippen MR) is 74.6 cm³/mol. The maximum Gasteiger partial charge on any atom is 0.260 e. The van der Waals surface area contributed by atoms with Crippen molar-refractivity contribution in [2.75, 3.05) is 19.7 Å². The molecule has 5 heteroatoms. The van der Waals surface area contributed by atoms with Gasteiger partial charge in [0.15, 0.2) is 6.61 Å². The van der Waals surface area contributed by atoms with Gasteiger partial charge >= 0.3 is 0 Å². The molecule has 0 aromatic heterocycles. The number of rotatable bonds is 3. The number of amides is 1. The highest BCUT2D eigenvalue weighted by atomic mass is 79.9. The Labute approximate surface area is 120 Å². The third-order valence-corrected chi connectivity index (χ3v) is 3.82. The molecule has 2 rings (SSSR count). The molecule has 1 amide bonds. The van der Waals surface area contributed by atoms with Crippen LogP contribution in [0.15, 0.2) is 22.7 Å². The summed E-state index contributed by atoms with van der Waals surface area (Å²) in [7, 11) is 0. The molecule has 3 nitrogen and oxygen atoms in total. The van der Waals surface area contributed by atoms with Crippen LogP contribution in [0, 0.1) is 5.82 Å². The van der Waals surface area contributed by atoms with Gasteiger partial charge in [-0.05, 0) is 47.0 Å². The zero-order valence-corrected chi connectivity index (χ0v) is 12.3. The highest BCUT2D eigenvalue weighted by molar-refractivity contribution is 9.10. The lowest BCUT2D eigenvalue weighted by molar-refractivity contribution is -0.133. The number of hydrogen-bond donors (Lipinski definition) is 0. The molecule has 1 saturated heterocycles. The SMILES string of the molecule is O=C(COc1ccc(F)c(Br)c1)N1CCCCCC1. The lowest BCUT2D eigenvalue weighted by Crippen LogP contribution is -2.35. The number of nitrogens with zero attached hydrogens (tertiary/aromatic N) is 1. The Morgan fingerprint density at radius 2 is 1.95 bits per heavy atom. The summed E-state index contributed by atoms with van der Waals surface area (Å²) in [5.74, 6) is 0.157. The second-order valence-corrected chi connectivity index (χ2v) is 5.51. The second-order valence-electron chi connectivity index (χ2n) is 4.66. The van der Waals surface area contributed by atoms with Crippen molar-refractivity contribution in [3.05, 3.63) is 28.5 Å². The molecule has 0 unspecified atom stereocenters. The largest absolute Gasteiger partial charge is 0.484 e. The maximum absolute atomic E-state index is 13.1. The first-order chi connectivity index (χ1) is 9.16. The minimum atomic E-state index is -0.341. The first-order valence-corrected chi connectivity index (χ1v) is 7.32. The second kappa shape index (κ2) is 6.89. The number of carbonyl (C=O) groups is 1. The molecular formula is C14H17BrFNO2. The van der Waals surface area contributed by atoms with Gasteiger partial charge in [-0.2, -0.15) is 0 Å². The van der Waals surface area contributed by atoms with Crippen LogP contribution in [-0.2, 0) is 4.79 Å². The van der Waals surface area contributed by atoms with Gasteiger partial charge in [0.25, 0.3) is 5.91 Å². The number of halogens is 2. The van der Waals surface area contributed by atoms with Crippen LogP contribution in [0.3, 0.4) is 0 Å². The molecule has 0 atom stereocenters. The van der Waals surface area contributed by atoms with E-state index in [9.17, 15) is 9.18 Å². The Bertz CT molecular complexity index is 445. The first kappa shape index (κ1) is 14.3. The van der Waals surface area contributed by atoms with Crippen LogP contribution < -0.4 is 4.74 Å². The van der Waals surface area contributed by atoms with E-state index in [1.54, 1.807) is 0 Å². The topological polar surface area (TPSA) is 29.5 Å². The molecule has 1 heterocycles. The van der Waals surface area contributed by atoms with Crippen LogP contribution in [0.5, 0.6) is 5.75 Å². The summed E-state index contributed by atoms with van der Waals surface area (Å²) in [5, 5.41) is 0. The highest BCUT2D eigenvalue weighted by Crippen LogP contribution is 2.21. The van der Waals surface area contributed by atoms with E-state index in [1.165, 1.54) is 31.0 Å². The van der Waals surface area contributed by atoms with E-state index in [2.05, 4.69) is 15.9 Å².